The summed E-state index contributed by atoms with van der Waals surface area (Å²) in [6, 6.07) is 13.2. The van der Waals surface area contributed by atoms with Crippen molar-refractivity contribution in [3.63, 3.8) is 0 Å². The molecule has 1 heterocycles. The lowest BCUT2D eigenvalue weighted by atomic mass is 9.94. The number of carbonyl (C=O) groups excluding carboxylic acids is 2. The minimum Gasteiger partial charge on any atom is -0.497 e. The molecule has 2 aromatic rings. The number of anilines is 1. The van der Waals surface area contributed by atoms with Gasteiger partial charge < -0.3 is 15.0 Å². The number of halogens is 1. The summed E-state index contributed by atoms with van der Waals surface area (Å²) in [7, 11) is 1.60. The van der Waals surface area contributed by atoms with Gasteiger partial charge in [0.1, 0.15) is 11.6 Å². The molecule has 6 nitrogen and oxygen atoms in total. The van der Waals surface area contributed by atoms with Crippen LogP contribution in [0.3, 0.4) is 0 Å². The van der Waals surface area contributed by atoms with Gasteiger partial charge in [-0.25, -0.2) is 4.39 Å². The average molecular weight is 440 g/mol. The Labute approximate surface area is 188 Å². The number of carbonyl (C=O) groups is 2. The number of piperazine rings is 1. The molecule has 1 aliphatic heterocycles. The second kappa shape index (κ2) is 10.1. The highest BCUT2D eigenvalue weighted by molar-refractivity contribution is 5.96. The molecular weight excluding hydrogens is 409 g/mol. The Kier molecular flexibility index (Phi) is 7.05. The molecule has 0 aromatic heterocycles. The molecule has 0 spiro atoms. The van der Waals surface area contributed by atoms with Gasteiger partial charge in [0.25, 0.3) is 5.91 Å². The average Bonchev–Trinajstić information content (AvgIpc) is 3.34. The largest absolute Gasteiger partial charge is 0.497 e. The number of nitrogens with zero attached hydrogens (tertiary/aromatic N) is 2. The van der Waals surface area contributed by atoms with Crippen molar-refractivity contribution in [1.29, 1.82) is 0 Å². The first-order valence-electron chi connectivity index (χ1n) is 11.3. The van der Waals surface area contributed by atoms with Crippen LogP contribution in [0.25, 0.3) is 0 Å². The number of hydrogen-bond acceptors (Lipinski definition) is 4. The molecule has 1 saturated carbocycles. The Balaban J connectivity index is 1.44. The quantitative estimate of drug-likeness (QED) is 0.744. The van der Waals surface area contributed by atoms with Crippen molar-refractivity contribution in [2.45, 2.75) is 31.7 Å². The van der Waals surface area contributed by atoms with Crippen molar-refractivity contribution in [2.24, 2.45) is 5.92 Å². The summed E-state index contributed by atoms with van der Waals surface area (Å²) in [5.41, 5.74) is 0.815. The summed E-state index contributed by atoms with van der Waals surface area (Å²) in [5.74, 6) is 0.191. The van der Waals surface area contributed by atoms with Gasteiger partial charge in [-0.3, -0.25) is 14.5 Å². The second-order valence-electron chi connectivity index (χ2n) is 8.52. The smallest absolute Gasteiger partial charge is 0.256 e. The first kappa shape index (κ1) is 22.3. The van der Waals surface area contributed by atoms with Crippen LogP contribution in [0.15, 0.2) is 48.5 Å². The number of amides is 2. The Bertz CT molecular complexity index is 953. The number of benzene rings is 2. The van der Waals surface area contributed by atoms with Gasteiger partial charge in [0.05, 0.1) is 18.7 Å². The standard InChI is InChI=1S/C25H30FN3O3/c1-32-20-10-6-9-19(17-20)27-24(30)23(18-7-2-3-8-18)28-13-15-29(16-14-28)25(31)21-11-4-5-12-22(21)26/h4-6,9-12,17-18,23H,2-3,7-8,13-16H2,1H3,(H,27,30). The summed E-state index contributed by atoms with van der Waals surface area (Å²) >= 11 is 0. The highest BCUT2D eigenvalue weighted by Gasteiger charge is 2.37. The van der Waals surface area contributed by atoms with Crippen LogP contribution in [-0.4, -0.2) is 60.9 Å². The van der Waals surface area contributed by atoms with E-state index in [-0.39, 0.29) is 23.4 Å². The lowest BCUT2D eigenvalue weighted by molar-refractivity contribution is -0.123. The number of rotatable bonds is 6. The molecule has 0 radical (unpaired) electrons. The van der Waals surface area contributed by atoms with Gasteiger partial charge in [0.15, 0.2) is 0 Å². The van der Waals surface area contributed by atoms with Crippen LogP contribution in [0.2, 0.25) is 0 Å². The second-order valence-corrected chi connectivity index (χ2v) is 8.52. The molecule has 32 heavy (non-hydrogen) atoms. The fraction of sp³-hybridized carbons (Fsp3) is 0.440. The molecule has 1 N–H and O–H groups in total. The molecule has 1 unspecified atom stereocenters. The zero-order valence-corrected chi connectivity index (χ0v) is 18.4. The third-order valence-corrected chi connectivity index (χ3v) is 6.55. The lowest BCUT2D eigenvalue weighted by Crippen LogP contribution is -2.57. The summed E-state index contributed by atoms with van der Waals surface area (Å²) in [6.45, 7) is 2.13. The van der Waals surface area contributed by atoms with Gasteiger partial charge in [0, 0.05) is 37.9 Å². The Morgan fingerprint density at radius 3 is 2.44 bits per heavy atom. The van der Waals surface area contributed by atoms with Crippen LogP contribution in [-0.2, 0) is 4.79 Å². The molecule has 170 valence electrons. The predicted octanol–water partition coefficient (Wildman–Crippen LogP) is 3.79. The maximum atomic E-state index is 14.1. The van der Waals surface area contributed by atoms with E-state index in [0.29, 0.717) is 43.5 Å². The summed E-state index contributed by atoms with van der Waals surface area (Å²) < 4.78 is 19.3. The van der Waals surface area contributed by atoms with Crippen molar-refractivity contribution in [3.8, 4) is 5.75 Å². The summed E-state index contributed by atoms with van der Waals surface area (Å²) in [4.78, 5) is 30.0. The minimum atomic E-state index is -0.499. The van der Waals surface area contributed by atoms with E-state index in [4.69, 9.17) is 4.74 Å². The molecule has 0 bridgehead atoms. The zero-order chi connectivity index (χ0) is 22.5. The molecule has 2 aromatic carbocycles. The lowest BCUT2D eigenvalue weighted by Gasteiger charge is -2.40. The SMILES string of the molecule is COc1cccc(NC(=O)C(C2CCCC2)N2CCN(C(=O)c3ccccc3F)CC2)c1. The van der Waals surface area contributed by atoms with Gasteiger partial charge in [-0.05, 0) is 43.0 Å². The third-order valence-electron chi connectivity index (χ3n) is 6.55. The Morgan fingerprint density at radius 2 is 1.75 bits per heavy atom. The van der Waals surface area contributed by atoms with Crippen molar-refractivity contribution in [1.82, 2.24) is 9.80 Å². The monoisotopic (exact) mass is 439 g/mol. The van der Waals surface area contributed by atoms with Crippen LogP contribution in [0.1, 0.15) is 36.0 Å². The van der Waals surface area contributed by atoms with Gasteiger partial charge in [-0.2, -0.15) is 0 Å². The summed E-state index contributed by atoms with van der Waals surface area (Å²) in [6.07, 6.45) is 4.34. The van der Waals surface area contributed by atoms with E-state index in [0.717, 1.165) is 25.7 Å². The predicted molar refractivity (Wildman–Crippen MR) is 121 cm³/mol. The molecule has 7 heteroatoms. The van der Waals surface area contributed by atoms with Gasteiger partial charge in [-0.15, -0.1) is 0 Å². The van der Waals surface area contributed by atoms with Crippen LogP contribution in [0.4, 0.5) is 10.1 Å². The molecular formula is C25H30FN3O3. The van der Waals surface area contributed by atoms with Crippen LogP contribution in [0, 0.1) is 11.7 Å². The highest BCUT2D eigenvalue weighted by Crippen LogP contribution is 2.32. The number of nitrogens with one attached hydrogen (secondary N) is 1. The van der Waals surface area contributed by atoms with E-state index in [1.807, 2.05) is 24.3 Å². The summed E-state index contributed by atoms with van der Waals surface area (Å²) in [5, 5.41) is 3.07. The number of hydrogen-bond donors (Lipinski definition) is 1. The maximum absolute atomic E-state index is 14.1. The zero-order valence-electron chi connectivity index (χ0n) is 18.4. The maximum Gasteiger partial charge on any atom is 0.256 e. The van der Waals surface area contributed by atoms with E-state index in [2.05, 4.69) is 10.2 Å². The fourth-order valence-corrected chi connectivity index (χ4v) is 4.88. The van der Waals surface area contributed by atoms with Gasteiger partial charge in [0.2, 0.25) is 5.91 Å². The van der Waals surface area contributed by atoms with Crippen molar-refractivity contribution in [3.05, 3.63) is 59.9 Å². The number of methoxy groups -OCH3 is 1. The number of ether oxygens (including phenoxy) is 1. The van der Waals surface area contributed by atoms with E-state index < -0.39 is 5.82 Å². The third kappa shape index (κ3) is 4.93. The van der Waals surface area contributed by atoms with Crippen molar-refractivity contribution in [2.75, 3.05) is 38.6 Å². The molecule has 4 rings (SSSR count). The van der Waals surface area contributed by atoms with Crippen LogP contribution in [0.5, 0.6) is 5.75 Å². The van der Waals surface area contributed by atoms with Crippen LogP contribution < -0.4 is 10.1 Å². The van der Waals surface area contributed by atoms with Gasteiger partial charge >= 0.3 is 0 Å². The Morgan fingerprint density at radius 1 is 1.03 bits per heavy atom. The Hall–Kier alpha value is -2.93. The first-order valence-corrected chi connectivity index (χ1v) is 11.3. The first-order chi connectivity index (χ1) is 15.6. The minimum absolute atomic E-state index is 0.0148. The topological polar surface area (TPSA) is 61.9 Å². The molecule has 1 aliphatic carbocycles. The van der Waals surface area contributed by atoms with Crippen LogP contribution >= 0.6 is 0 Å². The molecule has 2 amide bonds. The van der Waals surface area contributed by atoms with Gasteiger partial charge in [-0.1, -0.05) is 31.0 Å². The fourth-order valence-electron chi connectivity index (χ4n) is 4.88. The molecule has 2 aliphatic rings. The van der Waals surface area contributed by atoms with E-state index >= 15 is 0 Å². The molecule has 1 atom stereocenters. The van der Waals surface area contributed by atoms with Crippen molar-refractivity contribution >= 4 is 17.5 Å². The van der Waals surface area contributed by atoms with E-state index in [9.17, 15) is 14.0 Å². The normalized spacial score (nSPS) is 18.4. The van der Waals surface area contributed by atoms with E-state index in [1.165, 1.54) is 12.1 Å². The molecule has 1 saturated heterocycles. The van der Waals surface area contributed by atoms with Crippen molar-refractivity contribution < 1.29 is 18.7 Å². The van der Waals surface area contributed by atoms with E-state index in [1.54, 1.807) is 24.1 Å². The highest BCUT2D eigenvalue weighted by atomic mass is 19.1. The molecule has 2 fully saturated rings.